The lowest BCUT2D eigenvalue weighted by Gasteiger charge is -2.57. The fraction of sp³-hybridized carbons (Fsp3) is 0.810. The van der Waals surface area contributed by atoms with Crippen molar-refractivity contribution in [2.24, 2.45) is 28.6 Å². The number of hydrogen-bond donors (Lipinski definition) is 0. The number of carbonyl (C=O) groups is 2. The Morgan fingerprint density at radius 3 is 2.71 bits per heavy atom. The average molecular weight is 395 g/mol. The largest absolute Gasteiger partial charge is 0.299 e. The Morgan fingerprint density at radius 1 is 1.29 bits per heavy atom. The van der Waals surface area contributed by atoms with Crippen LogP contribution in [0, 0.1) is 28.6 Å². The molecule has 0 aromatic carbocycles. The van der Waals surface area contributed by atoms with Gasteiger partial charge in [-0.25, -0.2) is 0 Å². The molecular formula is C21H31BrO2. The third-order valence-electron chi connectivity index (χ3n) is 7.93. The Labute approximate surface area is 155 Å². The zero-order valence-electron chi connectivity index (χ0n) is 15.4. The maximum Gasteiger partial charge on any atom is 0.155 e. The second-order valence-corrected chi connectivity index (χ2v) is 9.49. The van der Waals surface area contributed by atoms with Crippen LogP contribution < -0.4 is 0 Å². The minimum Gasteiger partial charge on any atom is -0.299 e. The number of fused-ring (bicyclic) bond motifs is 3. The number of ketones is 2. The first kappa shape index (κ1) is 18.4. The van der Waals surface area contributed by atoms with Gasteiger partial charge in [-0.1, -0.05) is 35.4 Å². The Bertz CT molecular complexity index is 566. The maximum absolute atomic E-state index is 12.6. The van der Waals surface area contributed by atoms with Gasteiger partial charge < -0.3 is 0 Å². The number of alkyl halides is 1. The van der Waals surface area contributed by atoms with Crippen LogP contribution in [0.5, 0.6) is 0 Å². The molecule has 0 aromatic rings. The van der Waals surface area contributed by atoms with E-state index in [9.17, 15) is 9.59 Å². The summed E-state index contributed by atoms with van der Waals surface area (Å²) in [5, 5.41) is 0.908. The van der Waals surface area contributed by atoms with Crippen LogP contribution >= 0.6 is 15.9 Å². The van der Waals surface area contributed by atoms with Gasteiger partial charge in [0.1, 0.15) is 5.78 Å². The van der Waals surface area contributed by atoms with E-state index in [0.29, 0.717) is 35.7 Å². The molecule has 0 aromatic heterocycles. The number of rotatable bonds is 3. The minimum absolute atomic E-state index is 0.136. The Morgan fingerprint density at radius 2 is 2.04 bits per heavy atom. The monoisotopic (exact) mass is 394 g/mol. The molecule has 5 unspecified atom stereocenters. The van der Waals surface area contributed by atoms with Crippen molar-refractivity contribution in [1.29, 1.82) is 0 Å². The number of Topliss-reactive ketones (excluding diaryl/α,β-unsaturated/α-hetero) is 1. The minimum atomic E-state index is -0.136. The average Bonchev–Trinajstić information content (AvgIpc) is 2.67. The van der Waals surface area contributed by atoms with Gasteiger partial charge in [0.15, 0.2) is 5.78 Å². The number of halogens is 1. The molecule has 2 nitrogen and oxygen atoms in total. The number of hydrogen-bond acceptors (Lipinski definition) is 2. The fourth-order valence-electron chi connectivity index (χ4n) is 6.37. The molecule has 0 N–H and O–H groups in total. The predicted molar refractivity (Wildman–Crippen MR) is 101 cm³/mol. The summed E-state index contributed by atoms with van der Waals surface area (Å²) in [6.07, 6.45) is 10.2. The third-order valence-corrected chi connectivity index (χ3v) is 8.32. The van der Waals surface area contributed by atoms with Gasteiger partial charge in [-0.3, -0.25) is 9.59 Å². The second-order valence-electron chi connectivity index (χ2n) is 8.69. The van der Waals surface area contributed by atoms with Crippen molar-refractivity contribution in [3.63, 3.8) is 0 Å². The first-order valence-corrected chi connectivity index (χ1v) is 10.8. The van der Waals surface area contributed by atoms with Crippen molar-refractivity contribution in [3.8, 4) is 0 Å². The second kappa shape index (κ2) is 6.70. The van der Waals surface area contributed by atoms with Crippen LogP contribution in [0.1, 0.15) is 72.1 Å². The van der Waals surface area contributed by atoms with E-state index in [1.54, 1.807) is 6.92 Å². The molecule has 3 aliphatic rings. The molecule has 0 aliphatic heterocycles. The molecule has 0 spiro atoms. The molecule has 3 rings (SSSR count). The van der Waals surface area contributed by atoms with Crippen molar-refractivity contribution in [2.45, 2.75) is 72.1 Å². The molecule has 0 saturated heterocycles. The summed E-state index contributed by atoms with van der Waals surface area (Å²) in [7, 11) is 0. The van der Waals surface area contributed by atoms with Gasteiger partial charge >= 0.3 is 0 Å². The normalized spacial score (nSPS) is 42.6. The molecule has 3 aliphatic carbocycles. The quantitative estimate of drug-likeness (QED) is 0.593. The molecular weight excluding hydrogens is 364 g/mol. The van der Waals surface area contributed by atoms with Crippen molar-refractivity contribution >= 4 is 27.5 Å². The predicted octanol–water partition coefficient (Wildman–Crippen LogP) is 5.49. The zero-order valence-corrected chi connectivity index (χ0v) is 17.0. The lowest BCUT2D eigenvalue weighted by atomic mass is 9.47. The van der Waals surface area contributed by atoms with Crippen LogP contribution in [0.2, 0.25) is 0 Å². The highest BCUT2D eigenvalue weighted by atomic mass is 79.9. The Balaban J connectivity index is 1.94. The van der Waals surface area contributed by atoms with Gasteiger partial charge in [-0.2, -0.15) is 0 Å². The van der Waals surface area contributed by atoms with Gasteiger partial charge in [0.25, 0.3) is 0 Å². The third kappa shape index (κ3) is 2.75. The lowest BCUT2D eigenvalue weighted by molar-refractivity contribution is -0.139. The first-order chi connectivity index (χ1) is 11.3. The standard InChI is InChI=1S/C21H31BrO2/c1-14-18-7-6-16-13-17(24)5-4-9-20(16,3)19(18)8-10-21(14,11-12-22)15(2)23/h13-14,18-19H,4-12H2,1-3H3. The van der Waals surface area contributed by atoms with Crippen LogP contribution in [0.25, 0.3) is 0 Å². The lowest BCUT2D eigenvalue weighted by Crippen LogP contribution is -2.52. The maximum atomic E-state index is 12.6. The summed E-state index contributed by atoms with van der Waals surface area (Å²) in [6.45, 7) is 6.55. The smallest absolute Gasteiger partial charge is 0.155 e. The molecule has 5 atom stereocenters. The molecule has 2 fully saturated rings. The fourth-order valence-corrected chi connectivity index (χ4v) is 7.08. The topological polar surface area (TPSA) is 34.1 Å². The van der Waals surface area contributed by atoms with Gasteiger partial charge in [0.05, 0.1) is 0 Å². The Hall–Kier alpha value is -0.440. The highest BCUT2D eigenvalue weighted by Gasteiger charge is 2.55. The van der Waals surface area contributed by atoms with E-state index in [1.807, 2.05) is 6.08 Å². The summed E-state index contributed by atoms with van der Waals surface area (Å²) in [6, 6.07) is 0. The van der Waals surface area contributed by atoms with Crippen LogP contribution in [0.15, 0.2) is 11.6 Å². The Kier molecular flexibility index (Phi) is 5.12. The van der Waals surface area contributed by atoms with Crippen LogP contribution in [-0.4, -0.2) is 16.9 Å². The van der Waals surface area contributed by atoms with E-state index in [1.165, 1.54) is 5.57 Å². The van der Waals surface area contributed by atoms with E-state index in [2.05, 4.69) is 29.8 Å². The summed E-state index contributed by atoms with van der Waals surface area (Å²) in [5.74, 6) is 2.42. The SMILES string of the molecule is CC(=O)C1(CCBr)CCC2C(CCC3=CC(=O)CCCC32C)C1C. The van der Waals surface area contributed by atoms with Gasteiger partial charge in [-0.15, -0.1) is 0 Å². The van der Waals surface area contributed by atoms with Gasteiger partial charge in [0.2, 0.25) is 0 Å². The van der Waals surface area contributed by atoms with E-state index < -0.39 is 0 Å². The molecule has 134 valence electrons. The van der Waals surface area contributed by atoms with Crippen molar-refractivity contribution in [3.05, 3.63) is 11.6 Å². The summed E-state index contributed by atoms with van der Waals surface area (Å²) >= 11 is 3.59. The van der Waals surface area contributed by atoms with Crippen molar-refractivity contribution in [1.82, 2.24) is 0 Å². The van der Waals surface area contributed by atoms with Crippen LogP contribution in [0.4, 0.5) is 0 Å². The molecule has 2 saturated carbocycles. The van der Waals surface area contributed by atoms with E-state index in [0.717, 1.165) is 50.3 Å². The molecule has 0 bridgehead atoms. The van der Waals surface area contributed by atoms with E-state index in [-0.39, 0.29) is 10.8 Å². The van der Waals surface area contributed by atoms with Crippen LogP contribution in [-0.2, 0) is 9.59 Å². The molecule has 24 heavy (non-hydrogen) atoms. The highest BCUT2D eigenvalue weighted by Crippen LogP contribution is 2.62. The highest BCUT2D eigenvalue weighted by molar-refractivity contribution is 9.09. The van der Waals surface area contributed by atoms with Crippen LogP contribution in [0.3, 0.4) is 0 Å². The van der Waals surface area contributed by atoms with Crippen molar-refractivity contribution < 1.29 is 9.59 Å². The molecule has 3 heteroatoms. The summed E-state index contributed by atoms with van der Waals surface area (Å²) < 4.78 is 0. The van der Waals surface area contributed by atoms with Gasteiger partial charge in [0, 0.05) is 17.2 Å². The van der Waals surface area contributed by atoms with E-state index in [4.69, 9.17) is 0 Å². The molecule has 0 radical (unpaired) electrons. The molecule has 0 amide bonds. The number of carbonyl (C=O) groups excluding carboxylic acids is 2. The van der Waals surface area contributed by atoms with E-state index >= 15 is 0 Å². The first-order valence-electron chi connectivity index (χ1n) is 9.66. The van der Waals surface area contributed by atoms with Gasteiger partial charge in [-0.05, 0) is 81.1 Å². The number of allylic oxidation sites excluding steroid dienone is 2. The summed E-state index contributed by atoms with van der Waals surface area (Å²) in [5.41, 5.74) is 1.46. The molecule has 0 heterocycles. The summed E-state index contributed by atoms with van der Waals surface area (Å²) in [4.78, 5) is 24.6. The van der Waals surface area contributed by atoms with Crippen molar-refractivity contribution in [2.75, 3.05) is 5.33 Å². The zero-order chi connectivity index (χ0) is 17.5.